The molecule has 1 aromatic heterocycles. The molecular weight excluding hydrogens is 344 g/mol. The number of amides is 1. The molecule has 0 saturated carbocycles. The molecule has 0 bridgehead atoms. The highest BCUT2D eigenvalue weighted by molar-refractivity contribution is 7.98. The number of hydrogen-bond acceptors (Lipinski definition) is 3. The van der Waals surface area contributed by atoms with Crippen molar-refractivity contribution in [1.29, 1.82) is 0 Å². The number of fused-ring (bicyclic) bond motifs is 1. The van der Waals surface area contributed by atoms with Gasteiger partial charge in [-0.2, -0.15) is 0 Å². The van der Waals surface area contributed by atoms with E-state index in [0.29, 0.717) is 18.8 Å². The SMILES string of the molecule is CCN(Cc1ccc(SC)cc1)C(=O)c1cc2cc(OC)ccc2n1C. The minimum atomic E-state index is 0.0408. The molecule has 4 nitrogen and oxygen atoms in total. The topological polar surface area (TPSA) is 34.5 Å². The number of carbonyl (C=O) groups excluding carboxylic acids is 1. The minimum absolute atomic E-state index is 0.0408. The summed E-state index contributed by atoms with van der Waals surface area (Å²) >= 11 is 1.72. The Morgan fingerprint density at radius 2 is 1.88 bits per heavy atom. The van der Waals surface area contributed by atoms with E-state index < -0.39 is 0 Å². The molecule has 0 unspecified atom stereocenters. The number of aryl methyl sites for hydroxylation is 1. The number of hydrogen-bond donors (Lipinski definition) is 0. The number of rotatable bonds is 6. The largest absolute Gasteiger partial charge is 0.497 e. The van der Waals surface area contributed by atoms with Crippen LogP contribution in [-0.2, 0) is 13.6 Å². The number of methoxy groups -OCH3 is 1. The van der Waals surface area contributed by atoms with Gasteiger partial charge in [0.15, 0.2) is 0 Å². The normalized spacial score (nSPS) is 10.9. The van der Waals surface area contributed by atoms with Crippen LogP contribution in [0.15, 0.2) is 53.4 Å². The number of benzene rings is 2. The van der Waals surface area contributed by atoms with Crippen molar-refractivity contribution in [2.75, 3.05) is 19.9 Å². The van der Waals surface area contributed by atoms with Gasteiger partial charge in [0.25, 0.3) is 5.91 Å². The van der Waals surface area contributed by atoms with E-state index in [1.807, 2.05) is 47.7 Å². The Morgan fingerprint density at radius 1 is 1.15 bits per heavy atom. The summed E-state index contributed by atoms with van der Waals surface area (Å²) in [6.07, 6.45) is 2.06. The number of thioether (sulfide) groups is 1. The van der Waals surface area contributed by atoms with Crippen molar-refractivity contribution in [3.05, 3.63) is 59.8 Å². The quantitative estimate of drug-likeness (QED) is 0.598. The van der Waals surface area contributed by atoms with Crippen molar-refractivity contribution >= 4 is 28.6 Å². The molecule has 0 aliphatic heterocycles. The summed E-state index contributed by atoms with van der Waals surface area (Å²) in [6.45, 7) is 3.28. The molecular formula is C21H24N2O2S. The zero-order valence-electron chi connectivity index (χ0n) is 15.7. The molecule has 0 fully saturated rings. The average Bonchev–Trinajstić information content (AvgIpc) is 3.01. The molecule has 1 heterocycles. The average molecular weight is 369 g/mol. The van der Waals surface area contributed by atoms with E-state index in [-0.39, 0.29) is 5.91 Å². The standard InChI is InChI=1S/C21H24N2O2S/c1-5-23(14-15-6-9-18(26-4)10-7-15)21(24)20-13-16-12-17(25-3)8-11-19(16)22(20)2/h6-13H,5,14H2,1-4H3. The molecule has 136 valence electrons. The third kappa shape index (κ3) is 3.58. The fraction of sp³-hybridized carbons (Fsp3) is 0.286. The van der Waals surface area contributed by atoms with Crippen molar-refractivity contribution in [1.82, 2.24) is 9.47 Å². The van der Waals surface area contributed by atoms with Gasteiger partial charge in [-0.25, -0.2) is 0 Å². The molecule has 0 radical (unpaired) electrons. The van der Waals surface area contributed by atoms with Gasteiger partial charge >= 0.3 is 0 Å². The first kappa shape index (κ1) is 18.4. The second kappa shape index (κ2) is 7.87. The summed E-state index contributed by atoms with van der Waals surface area (Å²) in [4.78, 5) is 16.2. The van der Waals surface area contributed by atoms with Gasteiger partial charge in [-0.3, -0.25) is 4.79 Å². The van der Waals surface area contributed by atoms with Crippen LogP contribution >= 0.6 is 11.8 Å². The van der Waals surface area contributed by atoms with Gasteiger partial charge in [0.05, 0.1) is 7.11 Å². The van der Waals surface area contributed by atoms with Crippen LogP contribution in [-0.4, -0.2) is 35.3 Å². The summed E-state index contributed by atoms with van der Waals surface area (Å²) in [5.74, 6) is 0.836. The van der Waals surface area contributed by atoms with Crippen molar-refractivity contribution in [2.45, 2.75) is 18.4 Å². The fourth-order valence-electron chi connectivity index (χ4n) is 3.10. The highest BCUT2D eigenvalue weighted by Crippen LogP contribution is 2.25. The van der Waals surface area contributed by atoms with Crippen LogP contribution < -0.4 is 4.74 Å². The van der Waals surface area contributed by atoms with Crippen molar-refractivity contribution in [2.24, 2.45) is 7.05 Å². The first-order valence-corrected chi connectivity index (χ1v) is 9.85. The van der Waals surface area contributed by atoms with Gasteiger partial charge < -0.3 is 14.2 Å². The smallest absolute Gasteiger partial charge is 0.270 e. The maximum absolute atomic E-state index is 13.1. The summed E-state index contributed by atoms with van der Waals surface area (Å²) in [5, 5.41) is 1.01. The van der Waals surface area contributed by atoms with Gasteiger partial charge in [0, 0.05) is 35.9 Å². The van der Waals surface area contributed by atoms with E-state index >= 15 is 0 Å². The lowest BCUT2D eigenvalue weighted by atomic mass is 10.2. The molecule has 0 atom stereocenters. The molecule has 0 aliphatic rings. The summed E-state index contributed by atoms with van der Waals surface area (Å²) in [5.41, 5.74) is 2.85. The van der Waals surface area contributed by atoms with Gasteiger partial charge in [-0.15, -0.1) is 11.8 Å². The number of carbonyl (C=O) groups is 1. The molecule has 0 N–H and O–H groups in total. The third-order valence-electron chi connectivity index (χ3n) is 4.67. The van der Waals surface area contributed by atoms with Crippen LogP contribution in [0.4, 0.5) is 0 Å². The molecule has 26 heavy (non-hydrogen) atoms. The molecule has 5 heteroatoms. The molecule has 3 rings (SSSR count). The van der Waals surface area contributed by atoms with Gasteiger partial charge in [0.2, 0.25) is 0 Å². The zero-order chi connectivity index (χ0) is 18.7. The molecule has 3 aromatic rings. The van der Waals surface area contributed by atoms with Crippen LogP contribution in [0.5, 0.6) is 5.75 Å². The Hall–Kier alpha value is -2.40. The van der Waals surface area contributed by atoms with Gasteiger partial charge in [-0.1, -0.05) is 12.1 Å². The fourth-order valence-corrected chi connectivity index (χ4v) is 3.51. The van der Waals surface area contributed by atoms with Crippen molar-refractivity contribution in [3.63, 3.8) is 0 Å². The van der Waals surface area contributed by atoms with E-state index in [9.17, 15) is 4.79 Å². The molecule has 0 saturated heterocycles. The Balaban J connectivity index is 1.87. The second-order valence-corrected chi connectivity index (χ2v) is 7.06. The zero-order valence-corrected chi connectivity index (χ0v) is 16.5. The lowest BCUT2D eigenvalue weighted by molar-refractivity contribution is 0.0743. The van der Waals surface area contributed by atoms with Crippen molar-refractivity contribution in [3.8, 4) is 5.75 Å². The molecule has 0 aliphatic carbocycles. The Bertz CT molecular complexity index is 916. The van der Waals surface area contributed by atoms with E-state index in [1.54, 1.807) is 18.9 Å². The van der Waals surface area contributed by atoms with Crippen LogP contribution in [0.2, 0.25) is 0 Å². The van der Waals surface area contributed by atoms with Crippen LogP contribution in [0, 0.1) is 0 Å². The summed E-state index contributed by atoms with van der Waals surface area (Å²) < 4.78 is 7.25. The van der Waals surface area contributed by atoms with Crippen LogP contribution in [0.3, 0.4) is 0 Å². The predicted molar refractivity (Wildman–Crippen MR) is 108 cm³/mol. The maximum Gasteiger partial charge on any atom is 0.270 e. The lowest BCUT2D eigenvalue weighted by Crippen LogP contribution is -2.31. The summed E-state index contributed by atoms with van der Waals surface area (Å²) in [6, 6.07) is 16.2. The Morgan fingerprint density at radius 3 is 2.50 bits per heavy atom. The number of aromatic nitrogens is 1. The molecule has 2 aromatic carbocycles. The van der Waals surface area contributed by atoms with Crippen molar-refractivity contribution < 1.29 is 9.53 Å². The molecule has 0 spiro atoms. The third-order valence-corrected chi connectivity index (χ3v) is 5.41. The predicted octanol–water partition coefficient (Wildman–Crippen LogP) is 4.57. The highest BCUT2D eigenvalue weighted by atomic mass is 32.2. The number of ether oxygens (including phenoxy) is 1. The monoisotopic (exact) mass is 368 g/mol. The Kier molecular flexibility index (Phi) is 5.57. The molecule has 1 amide bonds. The van der Waals surface area contributed by atoms with E-state index in [2.05, 4.69) is 30.5 Å². The minimum Gasteiger partial charge on any atom is -0.497 e. The van der Waals surface area contributed by atoms with Gasteiger partial charge in [-0.05, 0) is 55.1 Å². The van der Waals surface area contributed by atoms with E-state index in [0.717, 1.165) is 22.2 Å². The highest BCUT2D eigenvalue weighted by Gasteiger charge is 2.19. The van der Waals surface area contributed by atoms with E-state index in [4.69, 9.17) is 4.74 Å². The van der Waals surface area contributed by atoms with Crippen LogP contribution in [0.25, 0.3) is 10.9 Å². The van der Waals surface area contributed by atoms with E-state index in [1.165, 1.54) is 4.90 Å². The maximum atomic E-state index is 13.1. The first-order chi connectivity index (χ1) is 12.6. The first-order valence-electron chi connectivity index (χ1n) is 8.63. The van der Waals surface area contributed by atoms with Crippen LogP contribution in [0.1, 0.15) is 23.0 Å². The second-order valence-electron chi connectivity index (χ2n) is 6.18. The Labute approximate surface area is 158 Å². The lowest BCUT2D eigenvalue weighted by Gasteiger charge is -2.21. The van der Waals surface area contributed by atoms with Gasteiger partial charge in [0.1, 0.15) is 11.4 Å². The number of nitrogens with zero attached hydrogens (tertiary/aromatic N) is 2. The summed E-state index contributed by atoms with van der Waals surface area (Å²) in [7, 11) is 3.58.